The Balaban J connectivity index is 3.59. The van der Waals surface area contributed by atoms with E-state index in [1.807, 2.05) is 0 Å². The molecule has 0 aromatic carbocycles. The van der Waals surface area contributed by atoms with Gasteiger partial charge < -0.3 is 15.1 Å². The maximum Gasteiger partial charge on any atom is 0.0107 e. The van der Waals surface area contributed by atoms with Crippen molar-refractivity contribution in [3.8, 4) is 0 Å². The van der Waals surface area contributed by atoms with Gasteiger partial charge in [-0.25, -0.2) is 0 Å². The van der Waals surface area contributed by atoms with Gasteiger partial charge in [0.1, 0.15) is 0 Å². The summed E-state index contributed by atoms with van der Waals surface area (Å²) < 4.78 is 0. The Hall–Kier alpha value is -0.120. The zero-order valence-electron chi connectivity index (χ0n) is 13.9. The summed E-state index contributed by atoms with van der Waals surface area (Å²) in [6.07, 6.45) is 5.06. The SMILES string of the molecule is CCCN(CCC)CCNCCN(CCC)CCC. The summed E-state index contributed by atoms with van der Waals surface area (Å²) in [4.78, 5) is 5.14. The molecule has 3 nitrogen and oxygen atoms in total. The molecule has 0 aliphatic heterocycles. The standard InChI is InChI=1S/C16H37N3/c1-5-11-18(12-6-2)15-9-17-10-16-19(13-7-3)14-8-4/h17H,5-16H2,1-4H3. The molecule has 0 aliphatic carbocycles. The molecule has 0 aromatic heterocycles. The molecule has 1 N–H and O–H groups in total. The molecule has 0 bridgehead atoms. The summed E-state index contributed by atoms with van der Waals surface area (Å²) in [6, 6.07) is 0. The van der Waals surface area contributed by atoms with Gasteiger partial charge in [-0.15, -0.1) is 0 Å². The Bertz CT molecular complexity index is 143. The van der Waals surface area contributed by atoms with Crippen LogP contribution >= 0.6 is 0 Å². The van der Waals surface area contributed by atoms with Gasteiger partial charge >= 0.3 is 0 Å². The summed E-state index contributed by atoms with van der Waals surface area (Å²) in [6.45, 7) is 18.7. The third-order valence-electron chi connectivity index (χ3n) is 3.37. The van der Waals surface area contributed by atoms with E-state index >= 15 is 0 Å². The van der Waals surface area contributed by atoms with Gasteiger partial charge in [-0.3, -0.25) is 0 Å². The quantitative estimate of drug-likeness (QED) is 0.490. The molecule has 116 valence electrons. The largest absolute Gasteiger partial charge is 0.314 e. The highest BCUT2D eigenvalue weighted by molar-refractivity contribution is 4.62. The lowest BCUT2D eigenvalue weighted by Crippen LogP contribution is -2.37. The van der Waals surface area contributed by atoms with E-state index < -0.39 is 0 Å². The first-order chi connectivity index (χ1) is 9.28. The average Bonchev–Trinajstić information content (AvgIpc) is 2.39. The smallest absolute Gasteiger partial charge is 0.0107 e. The van der Waals surface area contributed by atoms with E-state index in [0.717, 1.165) is 13.1 Å². The van der Waals surface area contributed by atoms with Gasteiger partial charge in [0.15, 0.2) is 0 Å². The molecular weight excluding hydrogens is 234 g/mol. The second kappa shape index (κ2) is 14.3. The van der Waals surface area contributed by atoms with Gasteiger partial charge in [-0.05, 0) is 51.9 Å². The van der Waals surface area contributed by atoms with Crippen LogP contribution in [0.1, 0.15) is 53.4 Å². The maximum absolute atomic E-state index is 3.60. The van der Waals surface area contributed by atoms with E-state index in [4.69, 9.17) is 0 Å². The molecule has 0 amide bonds. The third-order valence-corrected chi connectivity index (χ3v) is 3.37. The second-order valence-electron chi connectivity index (χ2n) is 5.43. The van der Waals surface area contributed by atoms with Gasteiger partial charge in [0.05, 0.1) is 0 Å². The summed E-state index contributed by atoms with van der Waals surface area (Å²) in [5.74, 6) is 0. The van der Waals surface area contributed by atoms with Gasteiger partial charge in [0.25, 0.3) is 0 Å². The van der Waals surface area contributed by atoms with Crippen LogP contribution in [-0.2, 0) is 0 Å². The van der Waals surface area contributed by atoms with E-state index in [2.05, 4.69) is 42.8 Å². The van der Waals surface area contributed by atoms with E-state index in [9.17, 15) is 0 Å². The van der Waals surface area contributed by atoms with Crippen LogP contribution in [0.25, 0.3) is 0 Å². The van der Waals surface area contributed by atoms with Crippen molar-refractivity contribution in [1.82, 2.24) is 15.1 Å². The fourth-order valence-electron chi connectivity index (χ4n) is 2.54. The highest BCUT2D eigenvalue weighted by Crippen LogP contribution is 1.94. The molecule has 3 heteroatoms. The Kier molecular flexibility index (Phi) is 14.2. The van der Waals surface area contributed by atoms with Crippen molar-refractivity contribution in [2.45, 2.75) is 53.4 Å². The molecule has 0 radical (unpaired) electrons. The van der Waals surface area contributed by atoms with Crippen molar-refractivity contribution in [1.29, 1.82) is 0 Å². The normalized spacial score (nSPS) is 11.7. The van der Waals surface area contributed by atoms with Crippen molar-refractivity contribution in [2.24, 2.45) is 0 Å². The average molecular weight is 271 g/mol. The van der Waals surface area contributed by atoms with E-state index in [1.165, 1.54) is 65.0 Å². The molecule has 0 saturated carbocycles. The van der Waals surface area contributed by atoms with E-state index in [0.29, 0.717) is 0 Å². The van der Waals surface area contributed by atoms with Crippen LogP contribution < -0.4 is 5.32 Å². The lowest BCUT2D eigenvalue weighted by Gasteiger charge is -2.23. The zero-order chi connectivity index (χ0) is 14.3. The summed E-state index contributed by atoms with van der Waals surface area (Å²) in [7, 11) is 0. The Morgan fingerprint density at radius 3 is 1.11 bits per heavy atom. The van der Waals surface area contributed by atoms with Crippen molar-refractivity contribution in [2.75, 3.05) is 52.4 Å². The van der Waals surface area contributed by atoms with Crippen molar-refractivity contribution < 1.29 is 0 Å². The van der Waals surface area contributed by atoms with Crippen molar-refractivity contribution in [3.63, 3.8) is 0 Å². The number of hydrogen-bond donors (Lipinski definition) is 1. The lowest BCUT2D eigenvalue weighted by atomic mass is 10.3. The fraction of sp³-hybridized carbons (Fsp3) is 1.00. The Morgan fingerprint density at radius 1 is 0.526 bits per heavy atom. The molecule has 0 aromatic rings. The number of nitrogens with zero attached hydrogens (tertiary/aromatic N) is 2. The van der Waals surface area contributed by atoms with Gasteiger partial charge in [-0.2, -0.15) is 0 Å². The first-order valence-electron chi connectivity index (χ1n) is 8.43. The van der Waals surface area contributed by atoms with Crippen LogP contribution in [0.15, 0.2) is 0 Å². The zero-order valence-corrected chi connectivity index (χ0v) is 13.9. The summed E-state index contributed by atoms with van der Waals surface area (Å²) in [5.41, 5.74) is 0. The minimum absolute atomic E-state index is 1.13. The van der Waals surface area contributed by atoms with Crippen LogP contribution in [0.3, 0.4) is 0 Å². The van der Waals surface area contributed by atoms with Crippen LogP contribution in [0.2, 0.25) is 0 Å². The monoisotopic (exact) mass is 271 g/mol. The predicted molar refractivity (Wildman–Crippen MR) is 86.9 cm³/mol. The number of hydrogen-bond acceptors (Lipinski definition) is 3. The molecule has 0 rings (SSSR count). The topological polar surface area (TPSA) is 18.5 Å². The first kappa shape index (κ1) is 18.9. The molecule has 0 atom stereocenters. The van der Waals surface area contributed by atoms with Gasteiger partial charge in [0, 0.05) is 26.2 Å². The van der Waals surface area contributed by atoms with Crippen molar-refractivity contribution >= 4 is 0 Å². The number of nitrogens with one attached hydrogen (secondary N) is 1. The molecule has 0 saturated heterocycles. The summed E-state index contributed by atoms with van der Waals surface area (Å²) in [5, 5.41) is 3.60. The molecule has 0 heterocycles. The molecule has 0 spiro atoms. The van der Waals surface area contributed by atoms with Crippen LogP contribution in [0.5, 0.6) is 0 Å². The highest BCUT2D eigenvalue weighted by Gasteiger charge is 2.03. The molecule has 0 fully saturated rings. The Labute approximate surface area is 121 Å². The third kappa shape index (κ3) is 11.4. The molecule has 19 heavy (non-hydrogen) atoms. The second-order valence-corrected chi connectivity index (χ2v) is 5.43. The summed E-state index contributed by atoms with van der Waals surface area (Å²) >= 11 is 0. The van der Waals surface area contributed by atoms with Gasteiger partial charge in [0.2, 0.25) is 0 Å². The number of rotatable bonds is 14. The minimum atomic E-state index is 1.13. The maximum atomic E-state index is 3.60. The van der Waals surface area contributed by atoms with Gasteiger partial charge in [-0.1, -0.05) is 27.7 Å². The Morgan fingerprint density at radius 2 is 0.842 bits per heavy atom. The van der Waals surface area contributed by atoms with E-state index in [-0.39, 0.29) is 0 Å². The van der Waals surface area contributed by atoms with Crippen LogP contribution in [-0.4, -0.2) is 62.2 Å². The lowest BCUT2D eigenvalue weighted by molar-refractivity contribution is 0.257. The highest BCUT2D eigenvalue weighted by atomic mass is 15.2. The van der Waals surface area contributed by atoms with Crippen LogP contribution in [0, 0.1) is 0 Å². The van der Waals surface area contributed by atoms with Crippen molar-refractivity contribution in [3.05, 3.63) is 0 Å². The minimum Gasteiger partial charge on any atom is -0.314 e. The van der Waals surface area contributed by atoms with Crippen LogP contribution in [0.4, 0.5) is 0 Å². The predicted octanol–water partition coefficient (Wildman–Crippen LogP) is 2.82. The van der Waals surface area contributed by atoms with E-state index in [1.54, 1.807) is 0 Å². The fourth-order valence-corrected chi connectivity index (χ4v) is 2.54. The molecular formula is C16H37N3. The first-order valence-corrected chi connectivity index (χ1v) is 8.43. The molecule has 0 aliphatic rings. The molecule has 0 unspecified atom stereocenters.